The Morgan fingerprint density at radius 3 is 2.52 bits per heavy atom. The fourth-order valence-electron chi connectivity index (χ4n) is 2.20. The molecule has 1 amide bonds. The number of amides is 1. The average molecular weight is 306 g/mol. The van der Waals surface area contributed by atoms with Gasteiger partial charge in [0.2, 0.25) is 0 Å². The molecule has 2 nitrogen and oxygen atoms in total. The van der Waals surface area contributed by atoms with Crippen LogP contribution in [0.25, 0.3) is 0 Å². The Bertz CT molecular complexity index is 672. The van der Waals surface area contributed by atoms with E-state index in [1.165, 1.54) is 11.0 Å². The molecule has 0 saturated heterocycles. The maximum atomic E-state index is 14.1. The minimum Gasteiger partial charge on any atom is -0.335 e. The van der Waals surface area contributed by atoms with Crippen LogP contribution in [0.5, 0.6) is 0 Å². The molecule has 0 saturated carbocycles. The van der Waals surface area contributed by atoms with Crippen molar-refractivity contribution in [1.29, 1.82) is 0 Å². The third kappa shape index (κ3) is 3.08. The molecule has 2 aromatic rings. The summed E-state index contributed by atoms with van der Waals surface area (Å²) in [6.45, 7) is 3.51. The number of aryl methyl sites for hydroxylation is 1. The molecule has 0 aromatic heterocycles. The molecule has 2 rings (SSSR count). The van der Waals surface area contributed by atoms with E-state index in [0.717, 1.165) is 5.56 Å². The molecule has 4 heteroatoms. The predicted molar refractivity (Wildman–Crippen MR) is 83.1 cm³/mol. The van der Waals surface area contributed by atoms with Gasteiger partial charge in [-0.2, -0.15) is 0 Å². The van der Waals surface area contributed by atoms with Crippen LogP contribution in [0.4, 0.5) is 4.39 Å². The lowest BCUT2D eigenvalue weighted by molar-refractivity contribution is 0.0738. The molecule has 0 spiro atoms. The van der Waals surface area contributed by atoms with E-state index in [0.29, 0.717) is 10.6 Å². The Morgan fingerprint density at radius 2 is 1.86 bits per heavy atom. The van der Waals surface area contributed by atoms with E-state index in [2.05, 4.69) is 0 Å². The Hall–Kier alpha value is -1.87. The molecule has 1 unspecified atom stereocenters. The van der Waals surface area contributed by atoms with Gasteiger partial charge in [0.25, 0.3) is 5.91 Å². The lowest BCUT2D eigenvalue weighted by atomic mass is 10.0. The van der Waals surface area contributed by atoms with Crippen molar-refractivity contribution in [2.24, 2.45) is 0 Å². The van der Waals surface area contributed by atoms with E-state index in [4.69, 9.17) is 11.6 Å². The first-order chi connectivity index (χ1) is 9.93. The van der Waals surface area contributed by atoms with Gasteiger partial charge in [-0.25, -0.2) is 4.39 Å². The number of benzene rings is 2. The first-order valence-corrected chi connectivity index (χ1v) is 7.08. The van der Waals surface area contributed by atoms with E-state index in [1.54, 1.807) is 32.2 Å². The summed E-state index contributed by atoms with van der Waals surface area (Å²) in [7, 11) is 1.65. The Morgan fingerprint density at radius 1 is 1.19 bits per heavy atom. The topological polar surface area (TPSA) is 20.3 Å². The van der Waals surface area contributed by atoms with Crippen molar-refractivity contribution >= 4 is 17.5 Å². The third-order valence-corrected chi connectivity index (χ3v) is 4.02. The molecule has 0 N–H and O–H groups in total. The summed E-state index contributed by atoms with van der Waals surface area (Å²) in [6, 6.07) is 11.9. The first-order valence-electron chi connectivity index (χ1n) is 6.70. The van der Waals surface area contributed by atoms with Crippen molar-refractivity contribution in [3.63, 3.8) is 0 Å². The molecule has 0 aliphatic carbocycles. The molecule has 1 atom stereocenters. The molecule has 0 heterocycles. The Labute approximate surface area is 129 Å². The summed E-state index contributed by atoms with van der Waals surface area (Å²) in [5, 5.41) is 0.592. The third-order valence-electron chi connectivity index (χ3n) is 3.68. The molecule has 21 heavy (non-hydrogen) atoms. The van der Waals surface area contributed by atoms with Crippen molar-refractivity contribution in [3.8, 4) is 0 Å². The summed E-state index contributed by atoms with van der Waals surface area (Å²) < 4.78 is 14.1. The van der Waals surface area contributed by atoms with Gasteiger partial charge in [-0.1, -0.05) is 41.9 Å². The van der Waals surface area contributed by atoms with Crippen LogP contribution in [0.3, 0.4) is 0 Å². The van der Waals surface area contributed by atoms with E-state index in [-0.39, 0.29) is 17.5 Å². The van der Waals surface area contributed by atoms with Gasteiger partial charge in [0.05, 0.1) is 11.6 Å². The summed E-state index contributed by atoms with van der Waals surface area (Å²) >= 11 is 6.16. The molecule has 0 bridgehead atoms. The quantitative estimate of drug-likeness (QED) is 0.810. The van der Waals surface area contributed by atoms with Gasteiger partial charge in [0.15, 0.2) is 0 Å². The summed E-state index contributed by atoms with van der Waals surface area (Å²) in [5.74, 6) is -0.829. The second-order valence-corrected chi connectivity index (χ2v) is 5.46. The highest BCUT2D eigenvalue weighted by Crippen LogP contribution is 2.27. The van der Waals surface area contributed by atoms with E-state index < -0.39 is 5.82 Å². The highest BCUT2D eigenvalue weighted by molar-refractivity contribution is 6.31. The highest BCUT2D eigenvalue weighted by atomic mass is 35.5. The number of hydrogen-bond acceptors (Lipinski definition) is 1. The van der Waals surface area contributed by atoms with E-state index in [9.17, 15) is 9.18 Å². The molecule has 110 valence electrons. The summed E-state index contributed by atoms with van der Waals surface area (Å²) in [5.41, 5.74) is 1.37. The largest absolute Gasteiger partial charge is 0.335 e. The number of rotatable bonds is 3. The van der Waals surface area contributed by atoms with Gasteiger partial charge >= 0.3 is 0 Å². The number of carbonyl (C=O) groups excluding carboxylic acids is 1. The first kappa shape index (κ1) is 15.5. The molecule has 2 aromatic carbocycles. The Kier molecular flexibility index (Phi) is 4.63. The van der Waals surface area contributed by atoms with Gasteiger partial charge in [0.1, 0.15) is 5.82 Å². The van der Waals surface area contributed by atoms with Crippen molar-refractivity contribution < 1.29 is 9.18 Å². The van der Waals surface area contributed by atoms with Crippen LogP contribution < -0.4 is 0 Å². The van der Waals surface area contributed by atoms with Crippen molar-refractivity contribution in [2.75, 3.05) is 7.05 Å². The zero-order valence-electron chi connectivity index (χ0n) is 12.2. The maximum Gasteiger partial charge on any atom is 0.257 e. The number of halogens is 2. The zero-order valence-corrected chi connectivity index (χ0v) is 13.0. The number of carbonyl (C=O) groups is 1. The zero-order chi connectivity index (χ0) is 15.6. The van der Waals surface area contributed by atoms with Crippen LogP contribution >= 0.6 is 11.6 Å². The van der Waals surface area contributed by atoms with Gasteiger partial charge in [-0.15, -0.1) is 0 Å². The SMILES string of the molecule is Cc1cccc(C(=O)N(C)C(C)c2ccccc2Cl)c1F. The highest BCUT2D eigenvalue weighted by Gasteiger charge is 2.23. The van der Waals surface area contributed by atoms with Gasteiger partial charge < -0.3 is 4.90 Å². The number of nitrogens with zero attached hydrogens (tertiary/aromatic N) is 1. The van der Waals surface area contributed by atoms with E-state index >= 15 is 0 Å². The fourth-order valence-corrected chi connectivity index (χ4v) is 2.49. The standard InChI is InChI=1S/C17H17ClFNO/c1-11-7-6-9-14(16(11)19)17(21)20(3)12(2)13-8-4-5-10-15(13)18/h4-10,12H,1-3H3. The molecule has 0 aliphatic heterocycles. The molecular formula is C17H17ClFNO. The fraction of sp³-hybridized carbons (Fsp3) is 0.235. The van der Waals surface area contributed by atoms with Crippen LogP contribution in [0.15, 0.2) is 42.5 Å². The van der Waals surface area contributed by atoms with Crippen molar-refractivity contribution in [3.05, 3.63) is 70.0 Å². The van der Waals surface area contributed by atoms with Crippen LogP contribution in [0, 0.1) is 12.7 Å². The van der Waals surface area contributed by atoms with Crippen LogP contribution in [-0.2, 0) is 0 Å². The van der Waals surface area contributed by atoms with E-state index in [1.807, 2.05) is 25.1 Å². The van der Waals surface area contributed by atoms with Crippen molar-refractivity contribution in [1.82, 2.24) is 4.90 Å². The molecule has 0 aliphatic rings. The summed E-state index contributed by atoms with van der Waals surface area (Å²) in [6.07, 6.45) is 0. The molecule has 0 radical (unpaired) electrons. The average Bonchev–Trinajstić information content (AvgIpc) is 2.48. The Balaban J connectivity index is 2.31. The lowest BCUT2D eigenvalue weighted by Crippen LogP contribution is -2.30. The minimum atomic E-state index is -0.472. The van der Waals surface area contributed by atoms with Crippen molar-refractivity contribution in [2.45, 2.75) is 19.9 Å². The predicted octanol–water partition coefficient (Wildman–Crippen LogP) is 4.62. The normalized spacial score (nSPS) is 12.0. The molecule has 0 fully saturated rings. The van der Waals surface area contributed by atoms with Gasteiger partial charge in [0, 0.05) is 12.1 Å². The lowest BCUT2D eigenvalue weighted by Gasteiger charge is -2.26. The molecular weight excluding hydrogens is 289 g/mol. The van der Waals surface area contributed by atoms with Crippen LogP contribution in [0.1, 0.15) is 34.5 Å². The number of hydrogen-bond donors (Lipinski definition) is 0. The maximum absolute atomic E-state index is 14.1. The second kappa shape index (κ2) is 6.27. The smallest absolute Gasteiger partial charge is 0.257 e. The van der Waals surface area contributed by atoms with Crippen LogP contribution in [0.2, 0.25) is 5.02 Å². The minimum absolute atomic E-state index is 0.0800. The summed E-state index contributed by atoms with van der Waals surface area (Å²) in [4.78, 5) is 14.0. The second-order valence-electron chi connectivity index (χ2n) is 5.05. The van der Waals surface area contributed by atoms with Gasteiger partial charge in [-0.3, -0.25) is 4.79 Å². The van der Waals surface area contributed by atoms with Crippen LogP contribution in [-0.4, -0.2) is 17.9 Å². The monoisotopic (exact) mass is 305 g/mol. The van der Waals surface area contributed by atoms with Gasteiger partial charge in [-0.05, 0) is 37.1 Å².